The Morgan fingerprint density at radius 1 is 1.12 bits per heavy atom. The van der Waals surface area contributed by atoms with E-state index in [4.69, 9.17) is 4.74 Å². The Hall–Kier alpha value is -2.50. The van der Waals surface area contributed by atoms with Crippen molar-refractivity contribution in [1.29, 1.82) is 0 Å². The number of aryl methyl sites for hydroxylation is 2. The molecule has 0 saturated heterocycles. The van der Waals surface area contributed by atoms with Crippen LogP contribution in [-0.4, -0.2) is 24.8 Å². The van der Waals surface area contributed by atoms with Crippen LogP contribution in [0.5, 0.6) is 5.75 Å². The Labute approximate surface area is 152 Å². The van der Waals surface area contributed by atoms with Gasteiger partial charge in [-0.3, -0.25) is 0 Å². The molecule has 2 rings (SSSR count). The number of hydrogen-bond donors (Lipinski definition) is 0. The van der Waals surface area contributed by atoms with Gasteiger partial charge >= 0.3 is 6.18 Å². The van der Waals surface area contributed by atoms with Gasteiger partial charge in [-0.2, -0.15) is 13.2 Å². The van der Waals surface area contributed by atoms with E-state index in [1.807, 2.05) is 44.9 Å². The summed E-state index contributed by atoms with van der Waals surface area (Å²) in [4.78, 5) is 6.42. The molecular weight excluding hydrogens is 341 g/mol. The first-order valence-electron chi connectivity index (χ1n) is 8.35. The largest absolute Gasteiger partial charge is 0.489 e. The van der Waals surface area contributed by atoms with E-state index in [9.17, 15) is 13.2 Å². The molecule has 0 aliphatic carbocycles. The van der Waals surface area contributed by atoms with Crippen LogP contribution in [-0.2, 0) is 12.8 Å². The third-order valence-corrected chi connectivity index (χ3v) is 4.03. The summed E-state index contributed by atoms with van der Waals surface area (Å²) in [6.07, 6.45) is -2.58. The van der Waals surface area contributed by atoms with Crippen LogP contribution in [0.25, 0.3) is 0 Å². The maximum atomic E-state index is 12.8. The molecule has 0 radical (unpaired) electrons. The maximum absolute atomic E-state index is 12.8. The van der Waals surface area contributed by atoms with Crippen LogP contribution in [0.2, 0.25) is 0 Å². The first-order valence-corrected chi connectivity index (χ1v) is 8.35. The average Bonchev–Trinajstić information content (AvgIpc) is 2.60. The van der Waals surface area contributed by atoms with Gasteiger partial charge in [-0.25, -0.2) is 4.99 Å². The van der Waals surface area contributed by atoms with E-state index in [1.54, 1.807) is 12.4 Å². The fourth-order valence-corrected chi connectivity index (χ4v) is 2.31. The summed E-state index contributed by atoms with van der Waals surface area (Å²) in [5, 5.41) is 0. The zero-order valence-electron chi connectivity index (χ0n) is 15.4. The fraction of sp³-hybridized carbons (Fsp3) is 0.350. The first-order chi connectivity index (χ1) is 12.2. The Balaban J connectivity index is 2.13. The molecule has 0 aliphatic heterocycles. The molecule has 2 aromatic carbocycles. The van der Waals surface area contributed by atoms with Gasteiger partial charge in [0, 0.05) is 13.6 Å². The van der Waals surface area contributed by atoms with Crippen molar-refractivity contribution in [2.45, 2.75) is 33.6 Å². The Morgan fingerprint density at radius 2 is 1.85 bits per heavy atom. The summed E-state index contributed by atoms with van der Waals surface area (Å²) in [6, 6.07) is 8.96. The number of halogens is 3. The van der Waals surface area contributed by atoms with Crippen molar-refractivity contribution in [2.75, 3.05) is 13.6 Å². The minimum atomic E-state index is -4.35. The molecule has 0 unspecified atom stereocenters. The van der Waals surface area contributed by atoms with E-state index in [-0.39, 0.29) is 6.61 Å². The van der Waals surface area contributed by atoms with Crippen molar-refractivity contribution in [3.63, 3.8) is 0 Å². The van der Waals surface area contributed by atoms with Crippen LogP contribution in [0.4, 0.5) is 18.9 Å². The molecule has 0 fully saturated rings. The highest BCUT2D eigenvalue weighted by Crippen LogP contribution is 2.31. The molecule has 0 N–H and O–H groups in total. The summed E-state index contributed by atoms with van der Waals surface area (Å²) in [5.74, 6) is 0.641. The van der Waals surface area contributed by atoms with Crippen molar-refractivity contribution >= 4 is 12.0 Å². The van der Waals surface area contributed by atoms with Gasteiger partial charge in [-0.15, -0.1) is 0 Å². The van der Waals surface area contributed by atoms with Crippen LogP contribution < -0.4 is 4.74 Å². The van der Waals surface area contributed by atoms with Crippen LogP contribution >= 0.6 is 0 Å². The van der Waals surface area contributed by atoms with Crippen molar-refractivity contribution in [3.8, 4) is 5.75 Å². The topological polar surface area (TPSA) is 24.8 Å². The quantitative estimate of drug-likeness (QED) is 0.498. The normalized spacial score (nSPS) is 11.8. The third-order valence-electron chi connectivity index (χ3n) is 4.03. The van der Waals surface area contributed by atoms with Gasteiger partial charge in [0.05, 0.1) is 17.6 Å². The van der Waals surface area contributed by atoms with Crippen molar-refractivity contribution in [1.82, 2.24) is 4.90 Å². The number of rotatable bonds is 6. The van der Waals surface area contributed by atoms with Gasteiger partial charge in [0.1, 0.15) is 12.4 Å². The number of aliphatic imine (C=N–C) groups is 1. The zero-order chi connectivity index (χ0) is 19.3. The lowest BCUT2D eigenvalue weighted by atomic mass is 10.1. The molecule has 0 saturated carbocycles. The standard InChI is InChI=1S/C20H23F3N2O/c1-5-25(4)13-24-18-9-15(3)19(10-14(18)2)26-12-16-7-6-8-17(11-16)20(21,22)23/h6-11,13H,5,12H2,1-4H3/b24-13+. The molecule has 0 heterocycles. The Bertz CT molecular complexity index is 785. The minimum Gasteiger partial charge on any atom is -0.489 e. The molecule has 0 spiro atoms. The Morgan fingerprint density at radius 3 is 2.50 bits per heavy atom. The lowest BCUT2D eigenvalue weighted by Crippen LogP contribution is -2.14. The summed E-state index contributed by atoms with van der Waals surface area (Å²) in [6.45, 7) is 6.79. The summed E-state index contributed by atoms with van der Waals surface area (Å²) >= 11 is 0. The molecular formula is C20H23F3N2O. The smallest absolute Gasteiger partial charge is 0.416 e. The lowest BCUT2D eigenvalue weighted by molar-refractivity contribution is -0.137. The van der Waals surface area contributed by atoms with E-state index < -0.39 is 11.7 Å². The molecule has 0 aromatic heterocycles. The van der Waals surface area contributed by atoms with Gasteiger partial charge in [-0.1, -0.05) is 12.1 Å². The SMILES string of the molecule is CCN(C)/C=N/c1cc(C)c(OCc2cccc(C(F)(F)F)c2)cc1C. The van der Waals surface area contributed by atoms with Gasteiger partial charge in [0.2, 0.25) is 0 Å². The second-order valence-electron chi connectivity index (χ2n) is 6.21. The van der Waals surface area contributed by atoms with Crippen LogP contribution in [0, 0.1) is 13.8 Å². The van der Waals surface area contributed by atoms with Gasteiger partial charge in [0.25, 0.3) is 0 Å². The molecule has 0 bridgehead atoms. The summed E-state index contributed by atoms with van der Waals surface area (Å²) in [5.41, 5.74) is 2.47. The predicted octanol–water partition coefficient (Wildman–Crippen LogP) is 5.51. The number of nitrogens with zero attached hydrogens (tertiary/aromatic N) is 2. The van der Waals surface area contributed by atoms with Gasteiger partial charge in [-0.05, 0) is 61.7 Å². The van der Waals surface area contributed by atoms with Gasteiger partial charge in [0.15, 0.2) is 0 Å². The van der Waals surface area contributed by atoms with E-state index in [2.05, 4.69) is 4.99 Å². The molecule has 2 aromatic rings. The molecule has 0 atom stereocenters. The van der Waals surface area contributed by atoms with Crippen LogP contribution in [0.15, 0.2) is 41.4 Å². The monoisotopic (exact) mass is 364 g/mol. The average molecular weight is 364 g/mol. The number of benzene rings is 2. The molecule has 0 amide bonds. The number of alkyl halides is 3. The Kier molecular flexibility index (Phi) is 6.29. The minimum absolute atomic E-state index is 0.0748. The van der Waals surface area contributed by atoms with E-state index in [0.717, 1.165) is 35.5 Å². The number of hydrogen-bond acceptors (Lipinski definition) is 2. The highest BCUT2D eigenvalue weighted by atomic mass is 19.4. The molecule has 140 valence electrons. The molecule has 3 nitrogen and oxygen atoms in total. The van der Waals surface area contributed by atoms with Crippen molar-refractivity contribution < 1.29 is 17.9 Å². The van der Waals surface area contributed by atoms with Gasteiger partial charge < -0.3 is 9.64 Å². The van der Waals surface area contributed by atoms with Crippen LogP contribution in [0.1, 0.15) is 29.2 Å². The van der Waals surface area contributed by atoms with Crippen molar-refractivity contribution in [2.24, 2.45) is 4.99 Å². The molecule has 6 heteroatoms. The maximum Gasteiger partial charge on any atom is 0.416 e. The second kappa shape index (κ2) is 8.25. The third kappa shape index (κ3) is 5.25. The highest BCUT2D eigenvalue weighted by Gasteiger charge is 2.30. The number of ether oxygens (including phenoxy) is 1. The van der Waals surface area contributed by atoms with E-state index >= 15 is 0 Å². The van der Waals surface area contributed by atoms with E-state index in [1.165, 1.54) is 6.07 Å². The molecule has 26 heavy (non-hydrogen) atoms. The zero-order valence-corrected chi connectivity index (χ0v) is 15.4. The van der Waals surface area contributed by atoms with Crippen molar-refractivity contribution in [3.05, 3.63) is 58.7 Å². The fourth-order valence-electron chi connectivity index (χ4n) is 2.31. The lowest BCUT2D eigenvalue weighted by Gasteiger charge is -2.14. The highest BCUT2D eigenvalue weighted by molar-refractivity contribution is 5.64. The van der Waals surface area contributed by atoms with E-state index in [0.29, 0.717) is 11.3 Å². The summed E-state index contributed by atoms with van der Waals surface area (Å²) in [7, 11) is 1.94. The first kappa shape index (κ1) is 19.8. The van der Waals surface area contributed by atoms with Crippen LogP contribution in [0.3, 0.4) is 0 Å². The summed E-state index contributed by atoms with van der Waals surface area (Å²) < 4.78 is 44.1. The predicted molar refractivity (Wildman–Crippen MR) is 98.1 cm³/mol. The second-order valence-corrected chi connectivity index (χ2v) is 6.21. The molecule has 0 aliphatic rings.